The van der Waals surface area contributed by atoms with Gasteiger partial charge in [0, 0.05) is 0 Å². The molecule has 0 heterocycles. The van der Waals surface area contributed by atoms with Crippen LogP contribution in [0.4, 0.5) is 18.9 Å². The van der Waals surface area contributed by atoms with Gasteiger partial charge in [0.1, 0.15) is 5.75 Å². The Morgan fingerprint density at radius 1 is 1.04 bits per heavy atom. The van der Waals surface area contributed by atoms with Crippen molar-refractivity contribution >= 4 is 11.6 Å². The number of anilines is 1. The maximum Gasteiger partial charge on any atom is 0.416 e. The molecular formula is C20H22F3NO2. The van der Waals surface area contributed by atoms with E-state index in [2.05, 4.69) is 5.32 Å². The lowest BCUT2D eigenvalue weighted by molar-refractivity contribution is -0.137. The first kappa shape index (κ1) is 19.8. The van der Waals surface area contributed by atoms with Crippen molar-refractivity contribution in [1.82, 2.24) is 0 Å². The second-order valence-electron chi connectivity index (χ2n) is 7.09. The third-order valence-corrected chi connectivity index (χ3v) is 3.96. The van der Waals surface area contributed by atoms with E-state index in [1.165, 1.54) is 19.2 Å². The quantitative estimate of drug-likeness (QED) is 0.809. The Bertz CT molecular complexity index is 792. The molecule has 0 aromatic heterocycles. The summed E-state index contributed by atoms with van der Waals surface area (Å²) in [6, 6.07) is 10.3. The summed E-state index contributed by atoms with van der Waals surface area (Å²) in [7, 11) is 1.49. The lowest BCUT2D eigenvalue weighted by Crippen LogP contribution is -2.17. The van der Waals surface area contributed by atoms with Gasteiger partial charge in [-0.2, -0.15) is 13.2 Å². The van der Waals surface area contributed by atoms with Gasteiger partial charge in [-0.05, 0) is 34.7 Å². The van der Waals surface area contributed by atoms with Gasteiger partial charge in [0.05, 0.1) is 24.8 Å². The molecule has 0 radical (unpaired) electrons. The summed E-state index contributed by atoms with van der Waals surface area (Å²) in [5.41, 5.74) is 0.912. The predicted octanol–water partition coefficient (Wildman–Crippen LogP) is 5.19. The number of carbonyl (C=O) groups is 1. The molecule has 1 amide bonds. The van der Waals surface area contributed by atoms with Crippen LogP contribution in [0.2, 0.25) is 0 Å². The lowest BCUT2D eigenvalue weighted by atomic mass is 9.87. The van der Waals surface area contributed by atoms with Gasteiger partial charge in [0.25, 0.3) is 0 Å². The molecule has 0 bridgehead atoms. The van der Waals surface area contributed by atoms with Crippen molar-refractivity contribution < 1.29 is 22.7 Å². The smallest absolute Gasteiger partial charge is 0.416 e. The highest BCUT2D eigenvalue weighted by molar-refractivity contribution is 5.93. The minimum absolute atomic E-state index is 0.118. The Balaban J connectivity index is 2.20. The third kappa shape index (κ3) is 5.00. The number of carbonyl (C=O) groups excluding carboxylic acids is 1. The van der Waals surface area contributed by atoms with E-state index in [-0.39, 0.29) is 11.8 Å². The fraction of sp³-hybridized carbons (Fsp3) is 0.350. The van der Waals surface area contributed by atoms with Crippen molar-refractivity contribution in [2.45, 2.75) is 38.8 Å². The first-order chi connectivity index (χ1) is 12.0. The highest BCUT2D eigenvalue weighted by Gasteiger charge is 2.30. The number of ether oxygens (including phenoxy) is 1. The predicted molar refractivity (Wildman–Crippen MR) is 95.5 cm³/mol. The van der Waals surface area contributed by atoms with Gasteiger partial charge in [-0.1, -0.05) is 45.0 Å². The number of amides is 1. The monoisotopic (exact) mass is 365 g/mol. The van der Waals surface area contributed by atoms with Gasteiger partial charge in [0.2, 0.25) is 5.91 Å². The molecule has 2 aromatic rings. The molecule has 26 heavy (non-hydrogen) atoms. The van der Waals surface area contributed by atoms with Crippen molar-refractivity contribution in [2.24, 2.45) is 0 Å². The van der Waals surface area contributed by atoms with E-state index in [0.29, 0.717) is 17.0 Å². The molecule has 1 N–H and O–H groups in total. The number of nitrogens with one attached hydrogen (secondary N) is 1. The number of benzene rings is 2. The number of alkyl halides is 3. The van der Waals surface area contributed by atoms with E-state index in [9.17, 15) is 18.0 Å². The largest absolute Gasteiger partial charge is 0.495 e. The lowest BCUT2D eigenvalue weighted by Gasteiger charge is -2.21. The average Bonchev–Trinajstić information content (AvgIpc) is 2.53. The van der Waals surface area contributed by atoms with Crippen LogP contribution in [0.25, 0.3) is 0 Å². The molecule has 0 fully saturated rings. The topological polar surface area (TPSA) is 38.3 Å². The molecule has 0 spiro atoms. The molecule has 0 aliphatic rings. The van der Waals surface area contributed by atoms with Gasteiger partial charge in [-0.25, -0.2) is 0 Å². The van der Waals surface area contributed by atoms with Crippen LogP contribution in [0.1, 0.15) is 37.5 Å². The van der Waals surface area contributed by atoms with Crippen LogP contribution in [0.5, 0.6) is 5.75 Å². The van der Waals surface area contributed by atoms with Crippen molar-refractivity contribution in [3.05, 3.63) is 59.2 Å². The number of methoxy groups -OCH3 is 1. The Morgan fingerprint density at radius 3 is 2.31 bits per heavy atom. The zero-order valence-electron chi connectivity index (χ0n) is 15.2. The number of hydrogen-bond donors (Lipinski definition) is 1. The summed E-state index contributed by atoms with van der Waals surface area (Å²) in [4.78, 5) is 12.3. The summed E-state index contributed by atoms with van der Waals surface area (Å²) < 4.78 is 43.6. The second-order valence-corrected chi connectivity index (χ2v) is 7.09. The molecule has 6 heteroatoms. The Kier molecular flexibility index (Phi) is 5.64. The number of hydrogen-bond acceptors (Lipinski definition) is 2. The average molecular weight is 365 g/mol. The summed E-state index contributed by atoms with van der Waals surface area (Å²) in [6.45, 7) is 6.13. The van der Waals surface area contributed by atoms with Gasteiger partial charge >= 0.3 is 6.18 Å². The van der Waals surface area contributed by atoms with Crippen LogP contribution < -0.4 is 10.1 Å². The minimum Gasteiger partial charge on any atom is -0.495 e. The van der Waals surface area contributed by atoms with Crippen molar-refractivity contribution in [3.63, 3.8) is 0 Å². The molecule has 2 rings (SSSR count). The van der Waals surface area contributed by atoms with Crippen LogP contribution in [0.3, 0.4) is 0 Å². The Hall–Kier alpha value is -2.50. The molecule has 3 nitrogen and oxygen atoms in total. The molecule has 0 saturated carbocycles. The zero-order chi connectivity index (χ0) is 19.5. The highest BCUT2D eigenvalue weighted by atomic mass is 19.4. The minimum atomic E-state index is -4.43. The molecule has 2 aromatic carbocycles. The van der Waals surface area contributed by atoms with Crippen LogP contribution in [0.15, 0.2) is 42.5 Å². The Labute approximate surface area is 151 Å². The maximum absolute atomic E-state index is 12.8. The Morgan fingerprint density at radius 2 is 1.73 bits per heavy atom. The van der Waals surface area contributed by atoms with Gasteiger partial charge < -0.3 is 10.1 Å². The van der Waals surface area contributed by atoms with Crippen LogP contribution in [0, 0.1) is 0 Å². The number of rotatable bonds is 4. The first-order valence-corrected chi connectivity index (χ1v) is 8.15. The summed E-state index contributed by atoms with van der Waals surface area (Å²) in [5, 5.41) is 2.74. The maximum atomic E-state index is 12.8. The van der Waals surface area contributed by atoms with Crippen molar-refractivity contribution in [3.8, 4) is 5.75 Å². The van der Waals surface area contributed by atoms with Crippen LogP contribution in [-0.2, 0) is 22.8 Å². The van der Waals surface area contributed by atoms with E-state index < -0.39 is 17.6 Å². The molecule has 0 aliphatic carbocycles. The molecule has 140 valence electrons. The molecule has 0 saturated heterocycles. The normalized spacial score (nSPS) is 12.0. The van der Waals surface area contributed by atoms with Crippen LogP contribution in [-0.4, -0.2) is 13.0 Å². The summed E-state index contributed by atoms with van der Waals surface area (Å²) in [6.07, 6.45) is -4.59. The molecule has 0 unspecified atom stereocenters. The van der Waals surface area contributed by atoms with Gasteiger partial charge in [0.15, 0.2) is 0 Å². The first-order valence-electron chi connectivity index (χ1n) is 8.15. The fourth-order valence-corrected chi connectivity index (χ4v) is 2.51. The van der Waals surface area contributed by atoms with E-state index >= 15 is 0 Å². The summed E-state index contributed by atoms with van der Waals surface area (Å²) >= 11 is 0. The second kappa shape index (κ2) is 7.40. The molecule has 0 atom stereocenters. The third-order valence-electron chi connectivity index (χ3n) is 3.96. The van der Waals surface area contributed by atoms with E-state index in [1.807, 2.05) is 32.9 Å². The molecule has 0 aliphatic heterocycles. The zero-order valence-corrected chi connectivity index (χ0v) is 15.2. The van der Waals surface area contributed by atoms with E-state index in [0.717, 1.165) is 17.7 Å². The van der Waals surface area contributed by atoms with Crippen molar-refractivity contribution in [2.75, 3.05) is 12.4 Å². The van der Waals surface area contributed by atoms with E-state index in [4.69, 9.17) is 4.74 Å². The summed E-state index contributed by atoms with van der Waals surface area (Å²) in [5.74, 6) is 0.0871. The van der Waals surface area contributed by atoms with Gasteiger partial charge in [-0.3, -0.25) is 4.79 Å². The van der Waals surface area contributed by atoms with E-state index in [1.54, 1.807) is 6.07 Å². The van der Waals surface area contributed by atoms with Crippen molar-refractivity contribution in [1.29, 1.82) is 0 Å². The standard InChI is InChI=1S/C20H22F3NO2/c1-19(2,3)14-8-9-17(26-4)16(12-14)24-18(25)11-13-6-5-7-15(10-13)20(21,22)23/h5-10,12H,11H2,1-4H3,(H,24,25). The molecular weight excluding hydrogens is 343 g/mol. The SMILES string of the molecule is COc1ccc(C(C)(C)C)cc1NC(=O)Cc1cccc(C(F)(F)F)c1. The number of halogens is 3. The highest BCUT2D eigenvalue weighted by Crippen LogP contribution is 2.32. The van der Waals surface area contributed by atoms with Gasteiger partial charge in [-0.15, -0.1) is 0 Å². The fourth-order valence-electron chi connectivity index (χ4n) is 2.51. The van der Waals surface area contributed by atoms with Crippen LogP contribution >= 0.6 is 0 Å².